The number of hydrogen-bond acceptors (Lipinski definition) is 4. The van der Waals surface area contributed by atoms with Crippen LogP contribution in [0.3, 0.4) is 0 Å². The second-order valence-corrected chi connectivity index (χ2v) is 9.59. The molecule has 0 amide bonds. The summed E-state index contributed by atoms with van der Waals surface area (Å²) in [6.07, 6.45) is 1.59. The molecule has 0 aliphatic rings. The van der Waals surface area contributed by atoms with Crippen molar-refractivity contribution < 1.29 is 8.42 Å². The average molecular weight is 412 g/mol. The third kappa shape index (κ3) is 5.23. The van der Waals surface area contributed by atoms with Gasteiger partial charge in [0.25, 0.3) is 10.0 Å². The zero-order valence-electron chi connectivity index (χ0n) is 15.1. The molecule has 26 heavy (non-hydrogen) atoms. The molecule has 0 heterocycles. The van der Waals surface area contributed by atoms with Crippen LogP contribution >= 0.6 is 23.7 Å². The van der Waals surface area contributed by atoms with Gasteiger partial charge >= 0.3 is 0 Å². The third-order valence-electron chi connectivity index (χ3n) is 3.43. The standard InChI is InChI=1S/C18H22ClN3O2S2/c1-14(2)22(26(23,24)17-8-6-5-7-9-17)25-21(4)13-20-18-11-10-16(19)12-15(18)3/h5-14H,1-4H3. The molecule has 0 bridgehead atoms. The first-order valence-corrected chi connectivity index (χ1v) is 10.6. The van der Waals surface area contributed by atoms with Gasteiger partial charge in [-0.25, -0.2) is 13.4 Å². The van der Waals surface area contributed by atoms with Crippen LogP contribution in [0, 0.1) is 6.92 Å². The van der Waals surface area contributed by atoms with E-state index in [0.29, 0.717) is 5.02 Å². The lowest BCUT2D eigenvalue weighted by atomic mass is 10.2. The Bertz CT molecular complexity index is 871. The van der Waals surface area contributed by atoms with Gasteiger partial charge in [-0.15, -0.1) is 3.71 Å². The van der Waals surface area contributed by atoms with Crippen molar-refractivity contribution in [2.24, 2.45) is 4.99 Å². The van der Waals surface area contributed by atoms with E-state index in [1.807, 2.05) is 32.9 Å². The summed E-state index contributed by atoms with van der Waals surface area (Å²) in [7, 11) is -1.86. The lowest BCUT2D eigenvalue weighted by molar-refractivity contribution is 0.495. The van der Waals surface area contributed by atoms with Crippen molar-refractivity contribution in [2.45, 2.75) is 31.7 Å². The first kappa shape index (κ1) is 20.8. The summed E-state index contributed by atoms with van der Waals surface area (Å²) < 4.78 is 28.8. The molecule has 0 saturated carbocycles. The van der Waals surface area contributed by atoms with Crippen LogP contribution in [0.4, 0.5) is 5.69 Å². The molecule has 2 rings (SSSR count). The maximum Gasteiger partial charge on any atom is 0.253 e. The Balaban J connectivity index is 2.18. The molecule has 0 aromatic heterocycles. The zero-order valence-corrected chi connectivity index (χ0v) is 17.5. The van der Waals surface area contributed by atoms with Crippen LogP contribution in [0.15, 0.2) is 58.4 Å². The van der Waals surface area contributed by atoms with Gasteiger partial charge in [0.2, 0.25) is 0 Å². The Morgan fingerprint density at radius 2 is 1.81 bits per heavy atom. The third-order valence-corrected chi connectivity index (χ3v) is 7.15. The molecule has 0 atom stereocenters. The van der Waals surface area contributed by atoms with Crippen molar-refractivity contribution in [1.82, 2.24) is 8.02 Å². The number of aliphatic imine (C=N–C) groups is 1. The lowest BCUT2D eigenvalue weighted by Gasteiger charge is -2.27. The van der Waals surface area contributed by atoms with E-state index < -0.39 is 10.0 Å². The van der Waals surface area contributed by atoms with Gasteiger partial charge in [0.1, 0.15) is 6.34 Å². The SMILES string of the molecule is Cc1cc(Cl)ccc1N=CN(C)SN(C(C)C)S(=O)(=O)c1ccccc1. The maximum atomic E-state index is 12.9. The van der Waals surface area contributed by atoms with Crippen LogP contribution in [0.2, 0.25) is 5.02 Å². The van der Waals surface area contributed by atoms with Crippen LogP contribution in [0.1, 0.15) is 19.4 Å². The number of benzene rings is 2. The van der Waals surface area contributed by atoms with Gasteiger partial charge < -0.3 is 0 Å². The number of halogens is 1. The second kappa shape index (κ2) is 8.90. The molecule has 0 aliphatic heterocycles. The molecule has 2 aromatic carbocycles. The fourth-order valence-electron chi connectivity index (χ4n) is 2.17. The highest BCUT2D eigenvalue weighted by Crippen LogP contribution is 2.28. The number of sulfonamides is 1. The van der Waals surface area contributed by atoms with E-state index in [1.165, 1.54) is 3.71 Å². The van der Waals surface area contributed by atoms with Gasteiger partial charge in [0.15, 0.2) is 0 Å². The van der Waals surface area contributed by atoms with Crippen molar-refractivity contribution in [3.8, 4) is 0 Å². The number of rotatable bonds is 7. The summed E-state index contributed by atoms with van der Waals surface area (Å²) in [6.45, 7) is 5.59. The van der Waals surface area contributed by atoms with E-state index >= 15 is 0 Å². The first-order valence-electron chi connectivity index (χ1n) is 8.02. The summed E-state index contributed by atoms with van der Waals surface area (Å²) in [5, 5.41) is 0.657. The molecule has 0 spiro atoms. The fraction of sp³-hybridized carbons (Fsp3) is 0.278. The van der Waals surface area contributed by atoms with E-state index in [9.17, 15) is 8.42 Å². The quantitative estimate of drug-likeness (QED) is 0.369. The molecular formula is C18H22ClN3O2S2. The molecule has 0 aliphatic carbocycles. The first-order chi connectivity index (χ1) is 12.2. The van der Waals surface area contributed by atoms with Crippen LogP contribution in [-0.2, 0) is 10.0 Å². The van der Waals surface area contributed by atoms with Gasteiger partial charge in [0.05, 0.1) is 22.7 Å². The maximum absolute atomic E-state index is 12.9. The van der Waals surface area contributed by atoms with Crippen molar-refractivity contribution in [3.05, 3.63) is 59.1 Å². The summed E-state index contributed by atoms with van der Waals surface area (Å²) in [6, 6.07) is 13.6. The van der Waals surface area contributed by atoms with E-state index in [4.69, 9.17) is 11.6 Å². The summed E-state index contributed by atoms with van der Waals surface area (Å²) >= 11 is 7.04. The van der Waals surface area contributed by atoms with Crippen LogP contribution < -0.4 is 0 Å². The minimum absolute atomic E-state index is 0.224. The number of aryl methyl sites for hydroxylation is 1. The van der Waals surface area contributed by atoms with Crippen molar-refractivity contribution in [1.29, 1.82) is 0 Å². The summed E-state index contributed by atoms with van der Waals surface area (Å²) in [5.74, 6) is 0. The predicted molar refractivity (Wildman–Crippen MR) is 110 cm³/mol. The van der Waals surface area contributed by atoms with E-state index in [0.717, 1.165) is 23.4 Å². The summed E-state index contributed by atoms with van der Waals surface area (Å²) in [4.78, 5) is 4.68. The molecule has 0 radical (unpaired) electrons. The Hall–Kier alpha value is -1.54. The molecule has 0 saturated heterocycles. The molecule has 2 aromatic rings. The van der Waals surface area contributed by atoms with Gasteiger partial charge in [-0.1, -0.05) is 29.8 Å². The topological polar surface area (TPSA) is 53.0 Å². The average Bonchev–Trinajstić information content (AvgIpc) is 2.59. The fourth-order valence-corrected chi connectivity index (χ4v) is 5.11. The van der Waals surface area contributed by atoms with E-state index in [2.05, 4.69) is 4.99 Å². The minimum Gasteiger partial charge on any atom is -0.296 e. The Morgan fingerprint density at radius 3 is 2.38 bits per heavy atom. The normalized spacial score (nSPS) is 12.3. The Kier molecular flexibility index (Phi) is 7.11. The van der Waals surface area contributed by atoms with Crippen LogP contribution in [0.25, 0.3) is 0 Å². The highest BCUT2D eigenvalue weighted by atomic mass is 35.5. The summed E-state index contributed by atoms with van der Waals surface area (Å²) in [5.41, 5.74) is 1.73. The van der Waals surface area contributed by atoms with Crippen molar-refractivity contribution >= 4 is 45.8 Å². The van der Waals surface area contributed by atoms with Crippen molar-refractivity contribution in [3.63, 3.8) is 0 Å². The zero-order chi connectivity index (χ0) is 19.3. The number of hydrogen-bond donors (Lipinski definition) is 0. The van der Waals surface area contributed by atoms with Crippen molar-refractivity contribution in [2.75, 3.05) is 7.05 Å². The smallest absolute Gasteiger partial charge is 0.253 e. The Morgan fingerprint density at radius 1 is 1.15 bits per heavy atom. The monoisotopic (exact) mass is 411 g/mol. The van der Waals surface area contributed by atoms with E-state index in [-0.39, 0.29) is 10.9 Å². The molecule has 0 unspecified atom stereocenters. The highest BCUT2D eigenvalue weighted by molar-refractivity contribution is 8.07. The van der Waals surface area contributed by atoms with Gasteiger partial charge in [-0.2, -0.15) is 0 Å². The van der Waals surface area contributed by atoms with Crippen LogP contribution in [-0.4, -0.2) is 35.9 Å². The highest BCUT2D eigenvalue weighted by Gasteiger charge is 2.29. The van der Waals surface area contributed by atoms with Crippen LogP contribution in [0.5, 0.6) is 0 Å². The minimum atomic E-state index is -3.62. The lowest BCUT2D eigenvalue weighted by Crippen LogP contribution is -2.34. The molecule has 5 nitrogen and oxygen atoms in total. The van der Waals surface area contributed by atoms with Gasteiger partial charge in [0, 0.05) is 18.1 Å². The molecular weight excluding hydrogens is 390 g/mol. The molecule has 0 N–H and O–H groups in total. The molecule has 0 fully saturated rings. The molecule has 8 heteroatoms. The Labute approximate surface area is 165 Å². The predicted octanol–water partition coefficient (Wildman–Crippen LogP) is 4.90. The van der Waals surface area contributed by atoms with E-state index in [1.54, 1.807) is 54.1 Å². The number of nitrogens with zero attached hydrogens (tertiary/aromatic N) is 3. The molecule has 140 valence electrons. The van der Waals surface area contributed by atoms with Gasteiger partial charge in [-0.3, -0.25) is 4.31 Å². The second-order valence-electron chi connectivity index (χ2n) is 5.97. The van der Waals surface area contributed by atoms with Gasteiger partial charge in [-0.05, 0) is 56.7 Å². The largest absolute Gasteiger partial charge is 0.296 e.